The predicted molar refractivity (Wildman–Crippen MR) is 76.5 cm³/mol. The van der Waals surface area contributed by atoms with Gasteiger partial charge in [0, 0.05) is 36.2 Å². The van der Waals surface area contributed by atoms with Crippen LogP contribution in [0, 0.1) is 5.92 Å². The van der Waals surface area contributed by atoms with Gasteiger partial charge in [-0.15, -0.1) is 0 Å². The predicted octanol–water partition coefficient (Wildman–Crippen LogP) is 0.925. The second kappa shape index (κ2) is 6.28. The lowest BCUT2D eigenvalue weighted by atomic mass is 10.0. The largest absolute Gasteiger partial charge is 0.478 e. The van der Waals surface area contributed by atoms with Gasteiger partial charge in [0.1, 0.15) is 0 Å². The number of carboxylic acid groups (broad SMARTS) is 1. The molecule has 0 unspecified atom stereocenters. The lowest BCUT2D eigenvalue weighted by Gasteiger charge is -2.32. The fraction of sp³-hybridized carbons (Fsp3) is 0.667. The van der Waals surface area contributed by atoms with Gasteiger partial charge in [0.25, 0.3) is 0 Å². The molecule has 0 aromatic carbocycles. The van der Waals surface area contributed by atoms with E-state index in [0.717, 1.165) is 25.7 Å². The number of carbonyl (C=O) groups is 3. The molecule has 1 aliphatic carbocycles. The number of hydrogen-bond donors (Lipinski definition) is 2. The maximum Gasteiger partial charge on any atom is 0.331 e. The molecule has 1 saturated carbocycles. The summed E-state index contributed by atoms with van der Waals surface area (Å²) in [5.74, 6) is -0.925. The van der Waals surface area contributed by atoms with Crippen molar-refractivity contribution in [2.24, 2.45) is 5.92 Å². The first-order valence-electron chi connectivity index (χ1n) is 7.40. The monoisotopic (exact) mass is 294 g/mol. The van der Waals surface area contributed by atoms with Gasteiger partial charge in [-0.1, -0.05) is 0 Å². The van der Waals surface area contributed by atoms with E-state index in [1.807, 2.05) is 4.90 Å². The minimum absolute atomic E-state index is 0.0114. The Labute approximate surface area is 124 Å². The summed E-state index contributed by atoms with van der Waals surface area (Å²) >= 11 is 0. The zero-order valence-corrected chi connectivity index (χ0v) is 12.5. The summed E-state index contributed by atoms with van der Waals surface area (Å²) in [5.41, 5.74) is 0.299. The summed E-state index contributed by atoms with van der Waals surface area (Å²) in [7, 11) is 0. The number of nitrogens with zero attached hydrogens (tertiary/aromatic N) is 1. The summed E-state index contributed by atoms with van der Waals surface area (Å²) in [4.78, 5) is 36.6. The summed E-state index contributed by atoms with van der Waals surface area (Å²) < 4.78 is 0. The first kappa shape index (κ1) is 15.5. The van der Waals surface area contributed by atoms with Gasteiger partial charge in [-0.25, -0.2) is 4.79 Å². The van der Waals surface area contributed by atoms with Crippen LogP contribution < -0.4 is 5.32 Å². The van der Waals surface area contributed by atoms with Gasteiger partial charge < -0.3 is 15.3 Å². The molecule has 2 aliphatic rings. The van der Waals surface area contributed by atoms with Crippen LogP contribution in [0.3, 0.4) is 0 Å². The molecule has 1 saturated heterocycles. The minimum atomic E-state index is -1.08. The number of rotatable bonds is 4. The molecular weight excluding hydrogens is 272 g/mol. The van der Waals surface area contributed by atoms with Crippen molar-refractivity contribution in [3.8, 4) is 0 Å². The van der Waals surface area contributed by atoms with Crippen LogP contribution in [0.2, 0.25) is 0 Å². The highest BCUT2D eigenvalue weighted by Crippen LogP contribution is 2.31. The molecule has 0 spiro atoms. The van der Waals surface area contributed by atoms with E-state index in [9.17, 15) is 14.4 Å². The van der Waals surface area contributed by atoms with Crippen LogP contribution in [-0.2, 0) is 14.4 Å². The summed E-state index contributed by atoms with van der Waals surface area (Å²) in [6, 6.07) is 0.0114. The lowest BCUT2D eigenvalue weighted by molar-refractivity contribution is -0.134. The molecular formula is C15H22N2O4. The second-order valence-electron chi connectivity index (χ2n) is 5.90. The number of likely N-dealkylation sites (tertiary alicyclic amines) is 1. The molecule has 0 bridgehead atoms. The van der Waals surface area contributed by atoms with Crippen molar-refractivity contribution in [2.75, 3.05) is 13.1 Å². The van der Waals surface area contributed by atoms with Gasteiger partial charge in [-0.3, -0.25) is 9.59 Å². The maximum absolute atomic E-state index is 12.0. The summed E-state index contributed by atoms with van der Waals surface area (Å²) in [5, 5.41) is 11.7. The van der Waals surface area contributed by atoms with Gasteiger partial charge >= 0.3 is 5.97 Å². The van der Waals surface area contributed by atoms with Crippen molar-refractivity contribution in [1.82, 2.24) is 10.2 Å². The van der Waals surface area contributed by atoms with Crippen molar-refractivity contribution in [2.45, 2.75) is 45.6 Å². The van der Waals surface area contributed by atoms with Crippen LogP contribution in [0.25, 0.3) is 0 Å². The van der Waals surface area contributed by atoms with E-state index in [1.54, 1.807) is 0 Å². The molecule has 6 nitrogen and oxygen atoms in total. The molecule has 0 aromatic heterocycles. The van der Waals surface area contributed by atoms with Gasteiger partial charge in [0.05, 0.1) is 0 Å². The molecule has 1 heterocycles. The van der Waals surface area contributed by atoms with E-state index in [1.165, 1.54) is 13.8 Å². The number of nitrogens with one attached hydrogen (secondary N) is 1. The maximum atomic E-state index is 12.0. The lowest BCUT2D eigenvalue weighted by Crippen LogP contribution is -2.47. The normalized spacial score (nSPS) is 20.8. The molecule has 1 aliphatic heterocycles. The average molecular weight is 294 g/mol. The van der Waals surface area contributed by atoms with Crippen molar-refractivity contribution < 1.29 is 19.5 Å². The van der Waals surface area contributed by atoms with E-state index in [4.69, 9.17) is 5.11 Å². The number of aliphatic carboxylic acids is 1. The molecule has 0 atom stereocenters. The fourth-order valence-corrected chi connectivity index (χ4v) is 2.46. The molecule has 116 valence electrons. The van der Waals surface area contributed by atoms with Gasteiger partial charge in [0.2, 0.25) is 11.8 Å². The zero-order valence-electron chi connectivity index (χ0n) is 12.5. The molecule has 0 aromatic rings. The Morgan fingerprint density at radius 3 is 2.05 bits per heavy atom. The smallest absolute Gasteiger partial charge is 0.331 e. The van der Waals surface area contributed by atoms with Crippen molar-refractivity contribution in [1.29, 1.82) is 0 Å². The van der Waals surface area contributed by atoms with Crippen molar-refractivity contribution >= 4 is 17.8 Å². The number of piperidine rings is 1. The van der Waals surface area contributed by atoms with Crippen LogP contribution in [0.5, 0.6) is 0 Å². The molecule has 2 fully saturated rings. The topological polar surface area (TPSA) is 86.7 Å². The third-order valence-electron chi connectivity index (χ3n) is 4.29. The average Bonchev–Trinajstić information content (AvgIpc) is 3.30. The van der Waals surface area contributed by atoms with Crippen molar-refractivity contribution in [3.63, 3.8) is 0 Å². The quantitative estimate of drug-likeness (QED) is 0.755. The summed E-state index contributed by atoms with van der Waals surface area (Å²) in [6.45, 7) is 4.28. The molecule has 0 radical (unpaired) electrons. The first-order valence-corrected chi connectivity index (χ1v) is 7.40. The van der Waals surface area contributed by atoms with E-state index < -0.39 is 5.97 Å². The molecule has 6 heteroatoms. The Hall–Kier alpha value is -1.85. The van der Waals surface area contributed by atoms with Gasteiger partial charge in [0.15, 0.2) is 0 Å². The number of carbonyl (C=O) groups excluding carboxylic acids is 2. The summed E-state index contributed by atoms with van der Waals surface area (Å²) in [6.07, 6.45) is 3.47. The van der Waals surface area contributed by atoms with Crippen LogP contribution in [0.1, 0.15) is 39.5 Å². The van der Waals surface area contributed by atoms with E-state index in [2.05, 4.69) is 5.32 Å². The zero-order chi connectivity index (χ0) is 15.6. The van der Waals surface area contributed by atoms with Gasteiger partial charge in [-0.05, 0) is 39.5 Å². The highest BCUT2D eigenvalue weighted by atomic mass is 16.4. The first-order chi connectivity index (χ1) is 9.90. The number of amides is 2. The van der Waals surface area contributed by atoms with Crippen LogP contribution >= 0.6 is 0 Å². The fourth-order valence-electron chi connectivity index (χ4n) is 2.46. The van der Waals surface area contributed by atoms with E-state index in [0.29, 0.717) is 13.1 Å². The van der Waals surface area contributed by atoms with Crippen LogP contribution in [0.15, 0.2) is 11.1 Å². The van der Waals surface area contributed by atoms with Crippen LogP contribution in [0.4, 0.5) is 0 Å². The standard InChI is InChI=1S/C15H22N2O4/c1-9(10(2)15(20)21)13(18)16-12-5-7-17(8-6-12)14(19)11-3-4-11/h11-12H,3-8H2,1-2H3,(H,16,18)(H,20,21). The van der Waals surface area contributed by atoms with E-state index >= 15 is 0 Å². The second-order valence-corrected chi connectivity index (χ2v) is 5.90. The Bertz CT molecular complexity index is 486. The minimum Gasteiger partial charge on any atom is -0.478 e. The van der Waals surface area contributed by atoms with E-state index in [-0.39, 0.29) is 34.9 Å². The van der Waals surface area contributed by atoms with Crippen LogP contribution in [-0.4, -0.2) is 46.9 Å². The van der Waals surface area contributed by atoms with Crippen molar-refractivity contribution in [3.05, 3.63) is 11.1 Å². The van der Waals surface area contributed by atoms with Gasteiger partial charge in [-0.2, -0.15) is 0 Å². The molecule has 21 heavy (non-hydrogen) atoms. The SMILES string of the molecule is CC(C(=O)O)=C(C)C(=O)NC1CCN(C(=O)C2CC2)CC1. The Balaban J connectivity index is 1.83. The number of carboxylic acids is 1. The third-order valence-corrected chi connectivity index (χ3v) is 4.29. The molecule has 2 rings (SSSR count). The highest BCUT2D eigenvalue weighted by molar-refractivity contribution is 6.01. The molecule has 2 amide bonds. The Morgan fingerprint density at radius 1 is 1.00 bits per heavy atom. The third kappa shape index (κ3) is 3.83. The number of hydrogen-bond acceptors (Lipinski definition) is 3. The highest BCUT2D eigenvalue weighted by Gasteiger charge is 2.35. The Morgan fingerprint density at radius 2 is 1.57 bits per heavy atom. The molecule has 2 N–H and O–H groups in total. The Kier molecular flexibility index (Phi) is 4.65.